The van der Waals surface area contributed by atoms with E-state index in [4.69, 9.17) is 5.11 Å². The molecule has 1 N–H and O–H groups in total. The highest BCUT2D eigenvalue weighted by Gasteiger charge is 2.12. The van der Waals surface area contributed by atoms with Crippen LogP contribution in [-0.4, -0.2) is 29.4 Å². The molecule has 18 heavy (non-hydrogen) atoms. The Balaban J connectivity index is 2.56. The molecule has 94 valence electrons. The van der Waals surface area contributed by atoms with Gasteiger partial charge in [-0.25, -0.2) is 9.78 Å². The molecule has 2 rings (SSSR count). The second kappa shape index (κ2) is 5.17. The number of aryl methyl sites for hydroxylation is 1. The van der Waals surface area contributed by atoms with Gasteiger partial charge in [-0.3, -0.25) is 0 Å². The molecule has 0 bridgehead atoms. The lowest BCUT2D eigenvalue weighted by Crippen LogP contribution is -2.06. The maximum absolute atomic E-state index is 11.2. The van der Waals surface area contributed by atoms with Crippen molar-refractivity contribution in [2.24, 2.45) is 0 Å². The number of nitrogens with zero attached hydrogens (tertiary/aromatic N) is 1. The van der Waals surface area contributed by atoms with Crippen LogP contribution in [0, 0.1) is 6.92 Å². The van der Waals surface area contributed by atoms with Gasteiger partial charge in [0.25, 0.3) is 0 Å². The van der Waals surface area contributed by atoms with Crippen molar-refractivity contribution in [1.82, 2.24) is 4.98 Å². The smallest absolute Gasteiger partial charge is 0.335 e. The zero-order valence-corrected chi connectivity index (χ0v) is 12.2. The van der Waals surface area contributed by atoms with Crippen LogP contribution in [0.1, 0.15) is 15.2 Å². The standard InChI is InChI=1S/C13H14NO2PS/c1-8-7-14-12(18-8)9-4-10(13(15)16)6-11(5-9)17(2)3/h4-7H,1-3H3,(H,15,16). The number of hydrogen-bond donors (Lipinski definition) is 1. The summed E-state index contributed by atoms with van der Waals surface area (Å²) in [6.07, 6.45) is 1.81. The fourth-order valence-electron chi connectivity index (χ4n) is 1.60. The molecule has 2 aromatic rings. The average molecular weight is 279 g/mol. The maximum atomic E-state index is 11.2. The summed E-state index contributed by atoms with van der Waals surface area (Å²) in [4.78, 5) is 16.6. The first-order chi connectivity index (χ1) is 8.47. The highest BCUT2D eigenvalue weighted by molar-refractivity contribution is 7.64. The lowest BCUT2D eigenvalue weighted by Gasteiger charge is -2.09. The molecular weight excluding hydrogens is 265 g/mol. The summed E-state index contributed by atoms with van der Waals surface area (Å²) in [7, 11) is -0.323. The van der Waals surface area contributed by atoms with E-state index in [0.29, 0.717) is 5.56 Å². The molecule has 0 aliphatic carbocycles. The van der Waals surface area contributed by atoms with Crippen molar-refractivity contribution in [2.75, 3.05) is 13.3 Å². The third-order valence-electron chi connectivity index (χ3n) is 2.55. The molecule has 1 aromatic heterocycles. The summed E-state index contributed by atoms with van der Waals surface area (Å²) in [6, 6.07) is 5.51. The fourth-order valence-corrected chi connectivity index (χ4v) is 3.15. The van der Waals surface area contributed by atoms with Crippen LogP contribution in [0.3, 0.4) is 0 Å². The first kappa shape index (κ1) is 13.2. The predicted molar refractivity (Wildman–Crippen MR) is 77.6 cm³/mol. The molecule has 1 heterocycles. The van der Waals surface area contributed by atoms with Gasteiger partial charge in [0.05, 0.1) is 5.56 Å². The molecular formula is C13H14NO2PS. The summed E-state index contributed by atoms with van der Waals surface area (Å²) in [6.45, 7) is 6.23. The quantitative estimate of drug-likeness (QED) is 0.878. The maximum Gasteiger partial charge on any atom is 0.335 e. The Morgan fingerprint density at radius 3 is 2.56 bits per heavy atom. The van der Waals surface area contributed by atoms with E-state index in [-0.39, 0.29) is 7.92 Å². The van der Waals surface area contributed by atoms with Gasteiger partial charge >= 0.3 is 5.97 Å². The lowest BCUT2D eigenvalue weighted by molar-refractivity contribution is 0.0697. The van der Waals surface area contributed by atoms with Crippen LogP contribution in [0.15, 0.2) is 24.4 Å². The van der Waals surface area contributed by atoms with E-state index in [0.717, 1.165) is 20.8 Å². The van der Waals surface area contributed by atoms with Crippen molar-refractivity contribution in [1.29, 1.82) is 0 Å². The summed E-state index contributed by atoms with van der Waals surface area (Å²) < 4.78 is 0. The van der Waals surface area contributed by atoms with Crippen LogP contribution >= 0.6 is 19.3 Å². The van der Waals surface area contributed by atoms with E-state index in [1.807, 2.05) is 13.1 Å². The number of rotatable bonds is 3. The minimum absolute atomic E-state index is 0.323. The van der Waals surface area contributed by atoms with Gasteiger partial charge in [0.1, 0.15) is 5.01 Å². The lowest BCUT2D eigenvalue weighted by atomic mass is 10.1. The Morgan fingerprint density at radius 1 is 1.33 bits per heavy atom. The molecule has 0 aliphatic heterocycles. The van der Waals surface area contributed by atoms with Crippen LogP contribution in [0.2, 0.25) is 0 Å². The van der Waals surface area contributed by atoms with Gasteiger partial charge in [-0.15, -0.1) is 11.3 Å². The largest absolute Gasteiger partial charge is 0.478 e. The first-order valence-electron chi connectivity index (χ1n) is 5.46. The van der Waals surface area contributed by atoms with Crippen molar-refractivity contribution in [2.45, 2.75) is 6.92 Å². The van der Waals surface area contributed by atoms with Gasteiger partial charge in [-0.2, -0.15) is 0 Å². The number of carboxylic acids is 1. The molecule has 0 aliphatic rings. The van der Waals surface area contributed by atoms with Crippen molar-refractivity contribution in [3.05, 3.63) is 34.8 Å². The highest BCUT2D eigenvalue weighted by Crippen LogP contribution is 2.30. The number of carboxylic acid groups (broad SMARTS) is 1. The molecule has 0 saturated heterocycles. The molecule has 3 nitrogen and oxygen atoms in total. The zero-order chi connectivity index (χ0) is 13.3. The molecule has 5 heteroatoms. The van der Waals surface area contributed by atoms with Crippen molar-refractivity contribution >= 4 is 30.5 Å². The van der Waals surface area contributed by atoms with Gasteiger partial charge < -0.3 is 5.11 Å². The summed E-state index contributed by atoms with van der Waals surface area (Å²) in [5.74, 6) is -0.886. The second-order valence-electron chi connectivity index (χ2n) is 4.24. The molecule has 0 unspecified atom stereocenters. The van der Waals surface area contributed by atoms with Gasteiger partial charge in [-0.1, -0.05) is 7.92 Å². The van der Waals surface area contributed by atoms with E-state index in [1.54, 1.807) is 23.5 Å². The SMILES string of the molecule is Cc1cnc(-c2cc(C(=O)O)cc(P(C)C)c2)s1. The van der Waals surface area contributed by atoms with Crippen LogP contribution < -0.4 is 5.30 Å². The third-order valence-corrected chi connectivity index (χ3v) is 4.80. The van der Waals surface area contributed by atoms with E-state index in [2.05, 4.69) is 24.4 Å². The number of hydrogen-bond acceptors (Lipinski definition) is 3. The molecule has 0 fully saturated rings. The minimum Gasteiger partial charge on any atom is -0.478 e. The minimum atomic E-state index is -0.886. The molecule has 0 atom stereocenters. The number of aromatic carboxylic acids is 1. The number of aromatic nitrogens is 1. The highest BCUT2D eigenvalue weighted by atomic mass is 32.1. The van der Waals surface area contributed by atoms with Crippen LogP contribution in [0.4, 0.5) is 0 Å². The van der Waals surface area contributed by atoms with Crippen molar-refractivity contribution < 1.29 is 9.90 Å². The van der Waals surface area contributed by atoms with Crippen LogP contribution in [0.5, 0.6) is 0 Å². The van der Waals surface area contributed by atoms with Gasteiger partial charge in [0, 0.05) is 16.6 Å². The van der Waals surface area contributed by atoms with Gasteiger partial charge in [0.2, 0.25) is 0 Å². The molecule has 1 aromatic carbocycles. The number of benzene rings is 1. The van der Waals surface area contributed by atoms with Crippen molar-refractivity contribution in [3.63, 3.8) is 0 Å². The molecule has 0 saturated carbocycles. The predicted octanol–water partition coefficient (Wildman–Crippen LogP) is 3.18. The third kappa shape index (κ3) is 2.77. The Bertz CT molecular complexity index is 592. The monoisotopic (exact) mass is 279 g/mol. The second-order valence-corrected chi connectivity index (χ2v) is 7.78. The van der Waals surface area contributed by atoms with E-state index in [1.165, 1.54) is 0 Å². The van der Waals surface area contributed by atoms with Crippen molar-refractivity contribution in [3.8, 4) is 10.6 Å². The van der Waals surface area contributed by atoms with E-state index < -0.39 is 5.97 Å². The Kier molecular flexibility index (Phi) is 3.79. The fraction of sp³-hybridized carbons (Fsp3) is 0.231. The first-order valence-corrected chi connectivity index (χ1v) is 8.51. The summed E-state index contributed by atoms with van der Waals surface area (Å²) in [5.41, 5.74) is 1.24. The molecule has 0 amide bonds. The van der Waals surface area contributed by atoms with Crippen LogP contribution in [0.25, 0.3) is 10.6 Å². The molecule has 0 radical (unpaired) electrons. The summed E-state index contributed by atoms with van der Waals surface area (Å²) >= 11 is 1.58. The topological polar surface area (TPSA) is 50.2 Å². The average Bonchev–Trinajstić information content (AvgIpc) is 2.75. The number of thiazole rings is 1. The summed E-state index contributed by atoms with van der Waals surface area (Å²) in [5, 5.41) is 11.1. The Hall–Kier alpha value is -1.25. The Labute approximate surface area is 111 Å². The van der Waals surface area contributed by atoms with E-state index >= 15 is 0 Å². The van der Waals surface area contributed by atoms with E-state index in [9.17, 15) is 4.79 Å². The zero-order valence-electron chi connectivity index (χ0n) is 10.5. The molecule has 0 spiro atoms. The normalized spacial score (nSPS) is 10.9. The van der Waals surface area contributed by atoms with Crippen LogP contribution in [-0.2, 0) is 0 Å². The Morgan fingerprint density at radius 2 is 2.06 bits per heavy atom. The van der Waals surface area contributed by atoms with Gasteiger partial charge in [-0.05, 0) is 43.8 Å². The van der Waals surface area contributed by atoms with Gasteiger partial charge in [0.15, 0.2) is 0 Å². The number of carbonyl (C=O) groups is 1.